The molecular weight excluding hydrogens is 146 g/mol. The van der Waals surface area contributed by atoms with E-state index >= 15 is 0 Å². The van der Waals surface area contributed by atoms with Gasteiger partial charge in [-0.1, -0.05) is 20.3 Å². The van der Waals surface area contributed by atoms with Crippen LogP contribution in [0.1, 0.15) is 20.3 Å². The molecule has 66 valence electrons. The van der Waals surface area contributed by atoms with Crippen molar-refractivity contribution in [2.24, 2.45) is 11.7 Å². The second kappa shape index (κ2) is 4.31. The van der Waals surface area contributed by atoms with Crippen LogP contribution in [0, 0.1) is 5.92 Å². The predicted octanol–water partition coefficient (Wildman–Crippen LogP) is -0.195. The highest BCUT2D eigenvalue weighted by atomic mass is 16.4. The predicted molar refractivity (Wildman–Crippen MR) is 41.1 cm³/mol. The molecule has 4 heteroatoms. The molecule has 0 rings (SSSR count). The van der Waals surface area contributed by atoms with E-state index < -0.39 is 18.1 Å². The van der Waals surface area contributed by atoms with Crippen LogP contribution in [0.2, 0.25) is 0 Å². The first kappa shape index (κ1) is 10.4. The molecule has 4 nitrogen and oxygen atoms in total. The Bertz CT molecular complexity index is 138. The molecule has 0 aliphatic rings. The van der Waals surface area contributed by atoms with Gasteiger partial charge in [0, 0.05) is 0 Å². The molecule has 0 spiro atoms. The molecule has 0 aliphatic carbocycles. The molecule has 0 aromatic carbocycles. The molecule has 11 heavy (non-hydrogen) atoms. The van der Waals surface area contributed by atoms with Crippen molar-refractivity contribution < 1.29 is 15.0 Å². The molecule has 0 saturated carbocycles. The molecule has 0 saturated heterocycles. The molecule has 0 heterocycles. The third-order valence-corrected chi connectivity index (χ3v) is 1.88. The van der Waals surface area contributed by atoms with Crippen LogP contribution in [0.3, 0.4) is 0 Å². The lowest BCUT2D eigenvalue weighted by Gasteiger charge is -2.20. The van der Waals surface area contributed by atoms with Gasteiger partial charge >= 0.3 is 5.97 Å². The van der Waals surface area contributed by atoms with E-state index in [-0.39, 0.29) is 5.92 Å². The van der Waals surface area contributed by atoms with Crippen LogP contribution in [-0.4, -0.2) is 28.3 Å². The highest BCUT2D eigenvalue weighted by Gasteiger charge is 2.25. The Labute approximate surface area is 66.0 Å². The second-order valence-corrected chi connectivity index (χ2v) is 2.74. The zero-order chi connectivity index (χ0) is 9.02. The van der Waals surface area contributed by atoms with E-state index in [9.17, 15) is 9.90 Å². The summed E-state index contributed by atoms with van der Waals surface area (Å²) in [6.07, 6.45) is -0.222. The second-order valence-electron chi connectivity index (χ2n) is 2.74. The Morgan fingerprint density at radius 3 is 2.36 bits per heavy atom. The summed E-state index contributed by atoms with van der Waals surface area (Å²) in [6.45, 7) is 3.65. The van der Waals surface area contributed by atoms with Gasteiger partial charge in [0.15, 0.2) is 0 Å². The van der Waals surface area contributed by atoms with Gasteiger partial charge in [0.05, 0.1) is 6.10 Å². The molecule has 0 aliphatic heterocycles. The number of hydrogen-bond donors (Lipinski definition) is 3. The van der Waals surface area contributed by atoms with Crippen molar-refractivity contribution in [2.45, 2.75) is 32.4 Å². The quantitative estimate of drug-likeness (QED) is 0.533. The summed E-state index contributed by atoms with van der Waals surface area (Å²) in [4.78, 5) is 10.3. The number of hydrogen-bond acceptors (Lipinski definition) is 3. The number of aliphatic hydroxyl groups is 1. The summed E-state index contributed by atoms with van der Waals surface area (Å²) in [6, 6.07) is -1.16. The largest absolute Gasteiger partial charge is 0.480 e. The first-order chi connectivity index (χ1) is 5.00. The fourth-order valence-corrected chi connectivity index (χ4v) is 0.742. The Hall–Kier alpha value is -0.610. The van der Waals surface area contributed by atoms with Crippen molar-refractivity contribution in [1.82, 2.24) is 0 Å². The highest BCUT2D eigenvalue weighted by Crippen LogP contribution is 2.09. The van der Waals surface area contributed by atoms with Crippen LogP contribution in [0.4, 0.5) is 0 Å². The van der Waals surface area contributed by atoms with Crippen LogP contribution >= 0.6 is 0 Å². The maximum atomic E-state index is 10.3. The van der Waals surface area contributed by atoms with Gasteiger partial charge in [0.1, 0.15) is 6.04 Å². The smallest absolute Gasteiger partial charge is 0.323 e. The summed E-state index contributed by atoms with van der Waals surface area (Å²) < 4.78 is 0. The van der Waals surface area contributed by atoms with E-state index in [4.69, 9.17) is 10.8 Å². The Kier molecular flexibility index (Phi) is 4.07. The normalized spacial score (nSPS) is 18.9. The molecule has 0 aromatic rings. The third-order valence-electron chi connectivity index (χ3n) is 1.88. The molecule has 0 aromatic heterocycles. The molecular formula is C7H15NO3. The van der Waals surface area contributed by atoms with E-state index in [0.717, 1.165) is 6.42 Å². The lowest BCUT2D eigenvalue weighted by molar-refractivity contribution is -0.142. The van der Waals surface area contributed by atoms with Gasteiger partial charge in [0.25, 0.3) is 0 Å². The molecule has 3 atom stereocenters. The van der Waals surface area contributed by atoms with E-state index in [2.05, 4.69) is 0 Å². The Morgan fingerprint density at radius 1 is 1.64 bits per heavy atom. The van der Waals surface area contributed by atoms with E-state index in [0.29, 0.717) is 0 Å². The van der Waals surface area contributed by atoms with Gasteiger partial charge in [-0.2, -0.15) is 0 Å². The first-order valence-corrected chi connectivity index (χ1v) is 3.67. The monoisotopic (exact) mass is 161 g/mol. The van der Waals surface area contributed by atoms with Gasteiger partial charge in [-0.15, -0.1) is 0 Å². The number of aliphatic carboxylic acids is 1. The number of aliphatic hydroxyl groups excluding tert-OH is 1. The summed E-state index contributed by atoms with van der Waals surface area (Å²) >= 11 is 0. The van der Waals surface area contributed by atoms with E-state index in [1.165, 1.54) is 0 Å². The fraction of sp³-hybridized carbons (Fsp3) is 0.857. The maximum absolute atomic E-state index is 10.3. The summed E-state index contributed by atoms with van der Waals surface area (Å²) in [5.41, 5.74) is 5.19. The molecule has 0 amide bonds. The summed E-state index contributed by atoms with van der Waals surface area (Å²) in [5, 5.41) is 17.7. The van der Waals surface area contributed by atoms with Crippen LogP contribution in [0.15, 0.2) is 0 Å². The Morgan fingerprint density at radius 2 is 2.09 bits per heavy atom. The highest BCUT2D eigenvalue weighted by molar-refractivity contribution is 5.73. The van der Waals surface area contributed by atoms with Crippen molar-refractivity contribution in [2.75, 3.05) is 0 Å². The summed E-state index contributed by atoms with van der Waals surface area (Å²) in [5.74, 6) is -1.22. The third kappa shape index (κ3) is 2.86. The van der Waals surface area contributed by atoms with Crippen LogP contribution in [-0.2, 0) is 4.79 Å². The minimum absolute atomic E-state index is 0.0684. The molecule has 0 fully saturated rings. The van der Waals surface area contributed by atoms with Gasteiger partial charge in [0.2, 0.25) is 0 Å². The zero-order valence-electron chi connectivity index (χ0n) is 6.82. The van der Waals surface area contributed by atoms with E-state index in [1.807, 2.05) is 6.92 Å². The van der Waals surface area contributed by atoms with Crippen molar-refractivity contribution >= 4 is 5.97 Å². The number of rotatable bonds is 4. The van der Waals surface area contributed by atoms with E-state index in [1.54, 1.807) is 6.92 Å². The standard InChI is InChI=1S/C7H15NO3/c1-3-4(2)6(9)5(8)7(10)11/h4-6,9H,3,8H2,1-2H3,(H,10,11)/t4?,5-,6+/m0/s1. The molecule has 1 unspecified atom stereocenters. The topological polar surface area (TPSA) is 83.5 Å². The molecule has 4 N–H and O–H groups in total. The average molecular weight is 161 g/mol. The van der Waals surface area contributed by atoms with Gasteiger partial charge < -0.3 is 15.9 Å². The lowest BCUT2D eigenvalue weighted by atomic mass is 9.96. The summed E-state index contributed by atoms with van der Waals surface area (Å²) in [7, 11) is 0. The van der Waals surface area contributed by atoms with Crippen molar-refractivity contribution in [1.29, 1.82) is 0 Å². The number of carboxylic acid groups (broad SMARTS) is 1. The molecule has 0 bridgehead atoms. The average Bonchev–Trinajstić information content (AvgIpc) is 2.00. The van der Waals surface area contributed by atoms with Gasteiger partial charge in [-0.25, -0.2) is 0 Å². The lowest BCUT2D eigenvalue weighted by Crippen LogP contribution is -2.44. The van der Waals surface area contributed by atoms with Crippen LogP contribution in [0.25, 0.3) is 0 Å². The van der Waals surface area contributed by atoms with Crippen molar-refractivity contribution in [3.63, 3.8) is 0 Å². The van der Waals surface area contributed by atoms with Gasteiger partial charge in [-0.3, -0.25) is 4.79 Å². The Balaban J connectivity index is 4.00. The van der Waals surface area contributed by atoms with Crippen molar-refractivity contribution in [3.05, 3.63) is 0 Å². The van der Waals surface area contributed by atoms with Gasteiger partial charge in [-0.05, 0) is 5.92 Å². The van der Waals surface area contributed by atoms with Crippen molar-refractivity contribution in [3.8, 4) is 0 Å². The number of carboxylic acids is 1. The number of carbonyl (C=O) groups is 1. The van der Waals surface area contributed by atoms with Crippen LogP contribution in [0.5, 0.6) is 0 Å². The minimum Gasteiger partial charge on any atom is -0.480 e. The SMILES string of the molecule is CCC(C)[C@@H](O)[C@H](N)C(=O)O. The van der Waals surface area contributed by atoms with Crippen LogP contribution < -0.4 is 5.73 Å². The minimum atomic E-state index is -1.16. The maximum Gasteiger partial charge on any atom is 0.323 e. The zero-order valence-corrected chi connectivity index (χ0v) is 6.82. The first-order valence-electron chi connectivity index (χ1n) is 3.67. The fourth-order valence-electron chi connectivity index (χ4n) is 0.742. The number of nitrogens with two attached hydrogens (primary N) is 1. The molecule has 0 radical (unpaired) electrons.